The summed E-state index contributed by atoms with van der Waals surface area (Å²) < 4.78 is 1.85. The van der Waals surface area contributed by atoms with Crippen LogP contribution in [0.3, 0.4) is 0 Å². The quantitative estimate of drug-likeness (QED) is 0.880. The molecule has 0 atom stereocenters. The van der Waals surface area contributed by atoms with Crippen molar-refractivity contribution in [3.8, 4) is 0 Å². The molecule has 1 aromatic rings. The van der Waals surface area contributed by atoms with Crippen molar-refractivity contribution >= 4 is 5.78 Å². The normalized spacial score (nSPS) is 18.7. The van der Waals surface area contributed by atoms with E-state index in [0.717, 1.165) is 38.2 Å². The van der Waals surface area contributed by atoms with E-state index >= 15 is 0 Å². The maximum absolute atomic E-state index is 12.7. The Morgan fingerprint density at radius 2 is 2.16 bits per heavy atom. The minimum absolute atomic E-state index is 0.154. The topological polar surface area (TPSA) is 59.8 Å². The number of carbonyl (C=O) groups excluding carboxylic acids is 1. The third-order valence-electron chi connectivity index (χ3n) is 4.28. The molecule has 0 radical (unpaired) electrons. The van der Waals surface area contributed by atoms with Crippen LogP contribution >= 0.6 is 0 Å². The zero-order valence-electron chi connectivity index (χ0n) is 12.1. The monoisotopic (exact) mass is 264 g/mol. The van der Waals surface area contributed by atoms with Gasteiger partial charge in [-0.1, -0.05) is 6.92 Å². The van der Waals surface area contributed by atoms with E-state index in [2.05, 4.69) is 36.2 Å². The SMILES string of the molecule is CCC1(C(=O)Cc2ncnn2C(C)C)CCNCC1. The van der Waals surface area contributed by atoms with E-state index in [1.165, 1.54) is 0 Å². The Morgan fingerprint density at radius 3 is 2.74 bits per heavy atom. The average Bonchev–Trinajstić information content (AvgIpc) is 2.87. The van der Waals surface area contributed by atoms with E-state index in [-0.39, 0.29) is 11.5 Å². The van der Waals surface area contributed by atoms with Crippen LogP contribution in [0.1, 0.15) is 51.9 Å². The Balaban J connectivity index is 2.13. The second-order valence-electron chi connectivity index (χ2n) is 5.70. The van der Waals surface area contributed by atoms with E-state index in [1.807, 2.05) is 4.68 Å². The maximum atomic E-state index is 12.7. The van der Waals surface area contributed by atoms with Crippen molar-refractivity contribution in [1.82, 2.24) is 20.1 Å². The number of aromatic nitrogens is 3. The Morgan fingerprint density at radius 1 is 1.47 bits per heavy atom. The molecule has 0 unspecified atom stereocenters. The van der Waals surface area contributed by atoms with Crippen LogP contribution < -0.4 is 5.32 Å². The second-order valence-corrected chi connectivity index (χ2v) is 5.70. The molecule has 19 heavy (non-hydrogen) atoms. The highest BCUT2D eigenvalue weighted by Gasteiger charge is 2.37. The van der Waals surface area contributed by atoms with Crippen molar-refractivity contribution in [2.75, 3.05) is 13.1 Å². The third-order valence-corrected chi connectivity index (χ3v) is 4.28. The number of hydrogen-bond donors (Lipinski definition) is 1. The fourth-order valence-electron chi connectivity index (χ4n) is 2.90. The predicted molar refractivity (Wildman–Crippen MR) is 73.9 cm³/mol. The number of Topliss-reactive ketones (excluding diaryl/α,β-unsaturated/α-hetero) is 1. The van der Waals surface area contributed by atoms with Gasteiger partial charge in [0, 0.05) is 11.5 Å². The van der Waals surface area contributed by atoms with Crippen LogP contribution in [0.4, 0.5) is 0 Å². The van der Waals surface area contributed by atoms with Crippen molar-refractivity contribution in [2.24, 2.45) is 5.41 Å². The number of ketones is 1. The maximum Gasteiger partial charge on any atom is 0.146 e. The van der Waals surface area contributed by atoms with E-state index in [0.29, 0.717) is 12.2 Å². The van der Waals surface area contributed by atoms with Crippen molar-refractivity contribution in [1.29, 1.82) is 0 Å². The third kappa shape index (κ3) is 2.86. The van der Waals surface area contributed by atoms with Gasteiger partial charge in [-0.2, -0.15) is 5.10 Å². The van der Waals surface area contributed by atoms with Crippen LogP contribution in [0.2, 0.25) is 0 Å². The molecule has 1 fully saturated rings. The molecule has 1 aliphatic rings. The summed E-state index contributed by atoms with van der Waals surface area (Å²) >= 11 is 0. The molecule has 0 spiro atoms. The lowest BCUT2D eigenvalue weighted by atomic mass is 9.72. The molecule has 1 saturated heterocycles. The van der Waals surface area contributed by atoms with Gasteiger partial charge in [-0.05, 0) is 46.2 Å². The van der Waals surface area contributed by atoms with Crippen LogP contribution in [0.5, 0.6) is 0 Å². The summed E-state index contributed by atoms with van der Waals surface area (Å²) in [7, 11) is 0. The zero-order chi connectivity index (χ0) is 13.9. The van der Waals surface area contributed by atoms with Gasteiger partial charge in [-0.3, -0.25) is 4.79 Å². The summed E-state index contributed by atoms with van der Waals surface area (Å²) in [5, 5.41) is 7.54. The molecule has 1 aliphatic heterocycles. The first-order valence-electron chi connectivity index (χ1n) is 7.21. The van der Waals surface area contributed by atoms with Gasteiger partial charge in [0.15, 0.2) is 0 Å². The van der Waals surface area contributed by atoms with E-state index in [1.54, 1.807) is 6.33 Å². The van der Waals surface area contributed by atoms with Gasteiger partial charge in [-0.15, -0.1) is 0 Å². The zero-order valence-corrected chi connectivity index (χ0v) is 12.1. The van der Waals surface area contributed by atoms with Crippen LogP contribution in [0.15, 0.2) is 6.33 Å². The van der Waals surface area contributed by atoms with E-state index < -0.39 is 0 Å². The lowest BCUT2D eigenvalue weighted by molar-refractivity contribution is -0.130. The van der Waals surface area contributed by atoms with Crippen LogP contribution in [-0.4, -0.2) is 33.6 Å². The molecule has 2 rings (SSSR count). The average molecular weight is 264 g/mol. The molecule has 106 valence electrons. The summed E-state index contributed by atoms with van der Waals surface area (Å²) in [6, 6.07) is 0.246. The minimum Gasteiger partial charge on any atom is -0.317 e. The number of hydrogen-bond acceptors (Lipinski definition) is 4. The second kappa shape index (κ2) is 5.82. The summed E-state index contributed by atoms with van der Waals surface area (Å²) in [4.78, 5) is 16.9. The van der Waals surface area contributed by atoms with Gasteiger partial charge in [0.05, 0.1) is 6.42 Å². The largest absolute Gasteiger partial charge is 0.317 e. The fourth-order valence-corrected chi connectivity index (χ4v) is 2.90. The molecule has 2 heterocycles. The van der Waals surface area contributed by atoms with Gasteiger partial charge in [0.2, 0.25) is 0 Å². The van der Waals surface area contributed by atoms with Crippen LogP contribution in [-0.2, 0) is 11.2 Å². The van der Waals surface area contributed by atoms with Crippen LogP contribution in [0, 0.1) is 5.41 Å². The van der Waals surface area contributed by atoms with Gasteiger partial charge in [-0.25, -0.2) is 9.67 Å². The highest BCUT2D eigenvalue weighted by Crippen LogP contribution is 2.34. The van der Waals surface area contributed by atoms with Crippen molar-refractivity contribution in [3.63, 3.8) is 0 Å². The first-order chi connectivity index (χ1) is 9.09. The number of nitrogens with zero attached hydrogens (tertiary/aromatic N) is 3. The Kier molecular flexibility index (Phi) is 4.34. The molecule has 5 heteroatoms. The standard InChI is InChI=1S/C14H24N4O/c1-4-14(5-7-15-8-6-14)12(19)9-13-16-10-17-18(13)11(2)3/h10-11,15H,4-9H2,1-3H3. The van der Waals surface area contributed by atoms with Gasteiger partial charge >= 0.3 is 0 Å². The molecule has 1 N–H and O–H groups in total. The molecule has 1 aromatic heterocycles. The van der Waals surface area contributed by atoms with Crippen molar-refractivity contribution < 1.29 is 4.79 Å². The van der Waals surface area contributed by atoms with Crippen molar-refractivity contribution in [2.45, 2.75) is 52.5 Å². The van der Waals surface area contributed by atoms with Crippen molar-refractivity contribution in [3.05, 3.63) is 12.2 Å². The fraction of sp³-hybridized carbons (Fsp3) is 0.786. The molecule has 0 amide bonds. The van der Waals surface area contributed by atoms with Gasteiger partial charge < -0.3 is 5.32 Å². The molecule has 5 nitrogen and oxygen atoms in total. The molecule has 0 bridgehead atoms. The summed E-state index contributed by atoms with van der Waals surface area (Å²) in [6.45, 7) is 8.12. The number of rotatable bonds is 5. The molecular weight excluding hydrogens is 240 g/mol. The molecule has 0 aliphatic carbocycles. The number of nitrogens with one attached hydrogen (secondary N) is 1. The number of piperidine rings is 1. The highest BCUT2D eigenvalue weighted by atomic mass is 16.1. The first-order valence-corrected chi connectivity index (χ1v) is 7.21. The lowest BCUT2D eigenvalue weighted by Gasteiger charge is -2.35. The van der Waals surface area contributed by atoms with Gasteiger partial charge in [0.25, 0.3) is 0 Å². The number of carbonyl (C=O) groups is 1. The van der Waals surface area contributed by atoms with Crippen LogP contribution in [0.25, 0.3) is 0 Å². The lowest BCUT2D eigenvalue weighted by Crippen LogP contribution is -2.42. The summed E-state index contributed by atoms with van der Waals surface area (Å²) in [5.74, 6) is 1.12. The Hall–Kier alpha value is -1.23. The Bertz CT molecular complexity index is 432. The molecule has 0 aromatic carbocycles. The predicted octanol–water partition coefficient (Wildman–Crippen LogP) is 1.75. The summed E-state index contributed by atoms with van der Waals surface area (Å²) in [5.41, 5.74) is -0.154. The molecule has 0 saturated carbocycles. The summed E-state index contributed by atoms with van der Waals surface area (Å²) in [6.07, 6.45) is 4.76. The highest BCUT2D eigenvalue weighted by molar-refractivity contribution is 5.86. The molecular formula is C14H24N4O. The van der Waals surface area contributed by atoms with E-state index in [4.69, 9.17) is 0 Å². The smallest absolute Gasteiger partial charge is 0.146 e. The van der Waals surface area contributed by atoms with Gasteiger partial charge in [0.1, 0.15) is 17.9 Å². The Labute approximate surface area is 114 Å². The minimum atomic E-state index is -0.154. The van der Waals surface area contributed by atoms with E-state index in [9.17, 15) is 4.79 Å². The first kappa shape index (κ1) is 14.2.